The third-order valence-electron chi connectivity index (χ3n) is 7.13. The van der Waals surface area contributed by atoms with Gasteiger partial charge in [-0.25, -0.2) is 14.8 Å². The molecule has 210 valence electrons. The van der Waals surface area contributed by atoms with Crippen molar-refractivity contribution in [2.75, 3.05) is 41.4 Å². The van der Waals surface area contributed by atoms with Gasteiger partial charge in [-0.05, 0) is 50.6 Å². The van der Waals surface area contributed by atoms with E-state index in [1.54, 1.807) is 29.2 Å². The van der Waals surface area contributed by atoms with E-state index in [0.717, 1.165) is 30.8 Å². The average molecular weight is 556 g/mol. The predicted octanol–water partition coefficient (Wildman–Crippen LogP) is 5.32. The monoisotopic (exact) mass is 555 g/mol. The number of anilines is 3. The van der Waals surface area contributed by atoms with E-state index in [0.29, 0.717) is 41.8 Å². The fourth-order valence-corrected chi connectivity index (χ4v) is 5.26. The molecule has 2 saturated heterocycles. The fourth-order valence-electron chi connectivity index (χ4n) is 5.26. The summed E-state index contributed by atoms with van der Waals surface area (Å²) in [6.45, 7) is 5.72. The second-order valence-electron chi connectivity index (χ2n) is 10.5. The van der Waals surface area contributed by atoms with Gasteiger partial charge in [-0.1, -0.05) is 12.1 Å². The van der Waals surface area contributed by atoms with Crippen LogP contribution in [0.2, 0.25) is 0 Å². The minimum absolute atomic E-state index is 0.128. The highest BCUT2D eigenvalue weighted by Gasteiger charge is 2.40. The van der Waals surface area contributed by atoms with Crippen molar-refractivity contribution in [3.05, 3.63) is 60.3 Å². The molecule has 2 atom stereocenters. The minimum Gasteiger partial charge on any atom is -0.475 e. The van der Waals surface area contributed by atoms with E-state index in [2.05, 4.69) is 20.2 Å². The van der Waals surface area contributed by atoms with Crippen LogP contribution < -0.4 is 19.9 Å². The Morgan fingerprint density at radius 2 is 2.05 bits per heavy atom. The predicted molar refractivity (Wildman–Crippen MR) is 141 cm³/mol. The van der Waals surface area contributed by atoms with Gasteiger partial charge in [0, 0.05) is 36.6 Å². The Morgan fingerprint density at radius 1 is 1.20 bits per heavy atom. The maximum atomic E-state index is 13.6. The van der Waals surface area contributed by atoms with Crippen LogP contribution in [0, 0.1) is 0 Å². The molecule has 5 heterocycles. The number of pyridine rings is 2. The van der Waals surface area contributed by atoms with Gasteiger partial charge in [-0.3, -0.25) is 4.90 Å². The molecule has 3 aliphatic heterocycles. The topological polar surface area (TPSA) is 89.1 Å². The van der Waals surface area contributed by atoms with Crippen LogP contribution >= 0.6 is 0 Å². The number of ether oxygens (including phenoxy) is 3. The fraction of sp³-hybridized carbons (Fsp3) is 0.393. The first kappa shape index (κ1) is 26.3. The van der Waals surface area contributed by atoms with Crippen molar-refractivity contribution in [2.45, 2.75) is 44.4 Å². The lowest BCUT2D eigenvalue weighted by Crippen LogP contribution is -2.48. The van der Waals surface area contributed by atoms with Gasteiger partial charge in [-0.2, -0.15) is 13.2 Å². The summed E-state index contributed by atoms with van der Waals surface area (Å²) in [5.41, 5.74) is 1.16. The number of carbonyl (C=O) groups is 1. The molecule has 0 aliphatic carbocycles. The molecule has 2 aromatic heterocycles. The van der Waals surface area contributed by atoms with Crippen LogP contribution in [0.1, 0.15) is 25.8 Å². The molecule has 40 heavy (non-hydrogen) atoms. The lowest BCUT2D eigenvalue weighted by atomic mass is 10.1. The van der Waals surface area contributed by atoms with E-state index in [9.17, 15) is 18.0 Å². The molecule has 3 aromatic rings. The summed E-state index contributed by atoms with van der Waals surface area (Å²) in [5.74, 6) is 0.0715. The number of halogens is 3. The van der Waals surface area contributed by atoms with E-state index >= 15 is 0 Å². The zero-order chi connectivity index (χ0) is 28.1. The number of carbonyl (C=O) groups excluding carboxylic acids is 1. The molecule has 0 spiro atoms. The van der Waals surface area contributed by atoms with Crippen molar-refractivity contribution in [3.8, 4) is 17.1 Å². The average Bonchev–Trinajstić information content (AvgIpc) is 3.50. The molecule has 1 aromatic carbocycles. The molecule has 1 N–H and O–H groups in total. The number of aromatic nitrogens is 2. The third-order valence-corrected chi connectivity index (χ3v) is 7.13. The Balaban J connectivity index is 1.22. The summed E-state index contributed by atoms with van der Waals surface area (Å²) < 4.78 is 57.0. The van der Waals surface area contributed by atoms with Crippen molar-refractivity contribution in [1.82, 2.24) is 9.97 Å². The number of alkyl halides is 3. The quantitative estimate of drug-likeness (QED) is 0.456. The molecular formula is C28H28F3N5O4. The van der Waals surface area contributed by atoms with E-state index in [-0.39, 0.29) is 18.8 Å². The van der Waals surface area contributed by atoms with Crippen LogP contribution in [0.5, 0.6) is 5.88 Å². The summed E-state index contributed by atoms with van der Waals surface area (Å²) in [6.07, 6.45) is -2.43. The number of hydrogen-bond acceptors (Lipinski definition) is 7. The van der Waals surface area contributed by atoms with Gasteiger partial charge in [0.1, 0.15) is 12.7 Å². The number of nitrogens with zero attached hydrogens (tertiary/aromatic N) is 4. The summed E-state index contributed by atoms with van der Waals surface area (Å²) in [7, 11) is 0. The van der Waals surface area contributed by atoms with Crippen molar-refractivity contribution < 1.29 is 32.2 Å². The van der Waals surface area contributed by atoms with E-state index in [1.807, 2.05) is 19.9 Å². The number of amides is 2. The molecule has 2 amide bonds. The molecule has 2 fully saturated rings. The molecule has 0 saturated carbocycles. The zero-order valence-electron chi connectivity index (χ0n) is 21.9. The maximum absolute atomic E-state index is 13.6. The highest BCUT2D eigenvalue weighted by atomic mass is 19.4. The van der Waals surface area contributed by atoms with Crippen molar-refractivity contribution in [3.63, 3.8) is 0 Å². The van der Waals surface area contributed by atoms with E-state index in [4.69, 9.17) is 14.2 Å². The summed E-state index contributed by atoms with van der Waals surface area (Å²) in [6, 6.07) is 11.3. The zero-order valence-corrected chi connectivity index (χ0v) is 21.9. The van der Waals surface area contributed by atoms with Crippen LogP contribution in [0.4, 0.5) is 35.2 Å². The van der Waals surface area contributed by atoms with Crippen molar-refractivity contribution >= 4 is 23.2 Å². The minimum atomic E-state index is -4.47. The maximum Gasteiger partial charge on any atom is 0.416 e. The summed E-state index contributed by atoms with van der Waals surface area (Å²) in [5, 5.41) is 2.91. The number of nitrogens with one attached hydrogen (secondary N) is 1. The van der Waals surface area contributed by atoms with Gasteiger partial charge in [0.2, 0.25) is 5.88 Å². The largest absolute Gasteiger partial charge is 0.475 e. The van der Waals surface area contributed by atoms with Crippen LogP contribution in [-0.4, -0.2) is 60.2 Å². The van der Waals surface area contributed by atoms with Gasteiger partial charge < -0.3 is 24.4 Å². The number of benzene rings is 1. The second kappa shape index (κ2) is 9.93. The summed E-state index contributed by atoms with van der Waals surface area (Å²) in [4.78, 5) is 26.3. The Labute approximate surface area is 228 Å². The Hall–Kier alpha value is -3.90. The Morgan fingerprint density at radius 3 is 2.83 bits per heavy atom. The van der Waals surface area contributed by atoms with Crippen molar-refractivity contribution in [1.29, 1.82) is 0 Å². The molecule has 12 heteroatoms. The molecule has 1 unspecified atom stereocenters. The number of hydrogen-bond donors (Lipinski definition) is 1. The van der Waals surface area contributed by atoms with E-state index < -0.39 is 23.6 Å². The third kappa shape index (κ3) is 5.28. The standard InChI is InChI=1S/C28H28F3N5O4/c1-27(2)39-16-21(40-27)15-38-24-13-19(8-10-32-24)33-26(37)36-20-9-11-35(14-20)23-7-6-22(34-25(23)36)17-4-3-5-18(12-17)28(29,30)31/h3-8,10,12-13,20-21H,9,11,14-16H2,1-2H3,(H,32,33,37)/t20-,21?/m0/s1. The lowest BCUT2D eigenvalue weighted by molar-refractivity contribution is -0.141. The van der Waals surface area contributed by atoms with Gasteiger partial charge in [0.25, 0.3) is 0 Å². The van der Waals surface area contributed by atoms with Crippen LogP contribution in [0.25, 0.3) is 11.3 Å². The molecular weight excluding hydrogens is 527 g/mol. The first-order valence-corrected chi connectivity index (χ1v) is 13.0. The normalized spacial score (nSPS) is 21.3. The molecule has 6 rings (SSSR count). The Bertz CT molecular complexity index is 1430. The van der Waals surface area contributed by atoms with Crippen LogP contribution in [0.15, 0.2) is 54.7 Å². The van der Waals surface area contributed by atoms with Gasteiger partial charge in [0.05, 0.1) is 29.6 Å². The van der Waals surface area contributed by atoms with E-state index in [1.165, 1.54) is 12.3 Å². The first-order valence-electron chi connectivity index (χ1n) is 13.0. The van der Waals surface area contributed by atoms with Crippen LogP contribution in [-0.2, 0) is 15.7 Å². The van der Waals surface area contributed by atoms with Gasteiger partial charge >= 0.3 is 12.2 Å². The molecule has 9 nitrogen and oxygen atoms in total. The highest BCUT2D eigenvalue weighted by Crippen LogP contribution is 2.41. The smallest absolute Gasteiger partial charge is 0.416 e. The SMILES string of the molecule is CC1(C)OCC(COc2cc(NC(=O)N3c4nc(-c5cccc(C(F)(F)F)c5)ccc4N4CC[C@H]3C4)ccn2)O1. The number of rotatable bonds is 5. The Kier molecular flexibility index (Phi) is 6.54. The van der Waals surface area contributed by atoms with Crippen molar-refractivity contribution in [2.24, 2.45) is 0 Å². The van der Waals surface area contributed by atoms with Gasteiger partial charge in [-0.15, -0.1) is 0 Å². The first-order chi connectivity index (χ1) is 19.1. The van der Waals surface area contributed by atoms with Crippen LogP contribution in [0.3, 0.4) is 0 Å². The molecule has 2 bridgehead atoms. The highest BCUT2D eigenvalue weighted by molar-refractivity contribution is 6.04. The lowest BCUT2D eigenvalue weighted by Gasteiger charge is -2.36. The van der Waals surface area contributed by atoms with Gasteiger partial charge in [0.15, 0.2) is 11.6 Å². The number of fused-ring (bicyclic) bond motifs is 4. The summed E-state index contributed by atoms with van der Waals surface area (Å²) >= 11 is 0. The molecule has 3 aliphatic rings. The second-order valence-corrected chi connectivity index (χ2v) is 10.5. The molecule has 0 radical (unpaired) electrons. The number of urea groups is 1.